The van der Waals surface area contributed by atoms with Gasteiger partial charge in [0.2, 0.25) is 15.9 Å². The van der Waals surface area contributed by atoms with Crippen LogP contribution in [0.2, 0.25) is 0 Å². The van der Waals surface area contributed by atoms with E-state index in [1.54, 1.807) is 16.4 Å². The molecule has 1 atom stereocenters. The number of nitrogens with zero attached hydrogens (tertiary/aromatic N) is 4. The summed E-state index contributed by atoms with van der Waals surface area (Å²) in [7, 11) is -3.48. The molecule has 0 bridgehead atoms. The largest absolute Gasteiger partial charge is 0.356 e. The first-order valence-electron chi connectivity index (χ1n) is 12.8. The monoisotopic (exact) mass is 489 g/mol. The van der Waals surface area contributed by atoms with Crippen molar-refractivity contribution >= 4 is 27.0 Å². The summed E-state index contributed by atoms with van der Waals surface area (Å²) in [5, 5.41) is 3.11. The lowest BCUT2D eigenvalue weighted by Crippen LogP contribution is -2.33. The number of fused-ring (bicyclic) bond motifs is 1. The van der Waals surface area contributed by atoms with E-state index in [1.165, 1.54) is 0 Å². The van der Waals surface area contributed by atoms with E-state index >= 15 is 0 Å². The van der Waals surface area contributed by atoms with Gasteiger partial charge in [-0.25, -0.2) is 13.4 Å². The Morgan fingerprint density at radius 3 is 2.65 bits per heavy atom. The summed E-state index contributed by atoms with van der Waals surface area (Å²) in [5.41, 5.74) is 1.61. The highest BCUT2D eigenvalue weighted by Crippen LogP contribution is 2.26. The van der Waals surface area contributed by atoms with Gasteiger partial charge in [-0.2, -0.15) is 4.31 Å². The van der Waals surface area contributed by atoms with Crippen molar-refractivity contribution in [3.63, 3.8) is 0 Å². The molecule has 9 heteroatoms. The Hall–Kier alpha value is -1.97. The van der Waals surface area contributed by atoms with Crippen molar-refractivity contribution < 1.29 is 13.2 Å². The quantitative estimate of drug-likeness (QED) is 0.554. The lowest BCUT2D eigenvalue weighted by atomic mass is 10.1. The second-order valence-corrected chi connectivity index (χ2v) is 11.9. The Morgan fingerprint density at radius 2 is 1.97 bits per heavy atom. The lowest BCUT2D eigenvalue weighted by Gasteiger charge is -2.20. The first-order valence-corrected chi connectivity index (χ1v) is 14.2. The first kappa shape index (κ1) is 25.1. The standard InChI is InChI=1S/C25H39N5O3S/c1-4-12-30-23-8-7-21(34(32,33)29-13-5-6-14-29)16-22(23)27-24(30)9-10-25(31)26-17-20-11-15-28(18-20)19(2)3/h7-8,16,19-20H,4-6,9-15,17-18H2,1-3H3,(H,26,31). The van der Waals surface area contributed by atoms with E-state index in [2.05, 4.69) is 35.6 Å². The number of imidazole rings is 1. The molecule has 0 radical (unpaired) electrons. The Labute approximate surface area is 203 Å². The van der Waals surface area contributed by atoms with Gasteiger partial charge in [0, 0.05) is 51.6 Å². The molecule has 2 fully saturated rings. The molecule has 1 aromatic heterocycles. The number of sulfonamides is 1. The van der Waals surface area contributed by atoms with Crippen LogP contribution in [-0.4, -0.2) is 71.8 Å². The Bertz CT molecular complexity index is 1110. The third-order valence-corrected chi connectivity index (χ3v) is 9.05. The van der Waals surface area contributed by atoms with Crippen LogP contribution in [0, 0.1) is 5.92 Å². The zero-order chi connectivity index (χ0) is 24.3. The van der Waals surface area contributed by atoms with Gasteiger partial charge in [0.25, 0.3) is 0 Å². The van der Waals surface area contributed by atoms with Gasteiger partial charge in [-0.15, -0.1) is 0 Å². The van der Waals surface area contributed by atoms with Crippen molar-refractivity contribution in [2.45, 2.75) is 76.8 Å². The molecule has 0 saturated carbocycles. The zero-order valence-electron chi connectivity index (χ0n) is 20.8. The zero-order valence-corrected chi connectivity index (χ0v) is 21.6. The maximum Gasteiger partial charge on any atom is 0.243 e. The fraction of sp³-hybridized carbons (Fsp3) is 0.680. The first-order chi connectivity index (χ1) is 16.3. The summed E-state index contributed by atoms with van der Waals surface area (Å²) in [6, 6.07) is 5.81. The highest BCUT2D eigenvalue weighted by molar-refractivity contribution is 7.89. The molecular formula is C25H39N5O3S. The number of likely N-dealkylation sites (tertiary alicyclic amines) is 1. The van der Waals surface area contributed by atoms with Crippen LogP contribution in [0.4, 0.5) is 0 Å². The van der Waals surface area contributed by atoms with Gasteiger partial charge >= 0.3 is 0 Å². The van der Waals surface area contributed by atoms with Gasteiger partial charge in [0.1, 0.15) is 5.82 Å². The van der Waals surface area contributed by atoms with Gasteiger partial charge in [-0.05, 0) is 70.2 Å². The Balaban J connectivity index is 1.42. The average molecular weight is 490 g/mol. The second kappa shape index (κ2) is 10.7. The van der Waals surface area contributed by atoms with Crippen molar-refractivity contribution in [2.75, 3.05) is 32.7 Å². The van der Waals surface area contributed by atoms with Gasteiger partial charge < -0.3 is 14.8 Å². The summed E-state index contributed by atoms with van der Waals surface area (Å²) >= 11 is 0. The molecule has 1 amide bonds. The van der Waals surface area contributed by atoms with E-state index in [0.29, 0.717) is 48.3 Å². The predicted octanol–water partition coefficient (Wildman–Crippen LogP) is 3.01. The lowest BCUT2D eigenvalue weighted by molar-refractivity contribution is -0.121. The minimum atomic E-state index is -3.48. The number of carbonyl (C=O) groups excluding carboxylic acids is 1. The molecule has 2 aliphatic heterocycles. The van der Waals surface area contributed by atoms with Crippen LogP contribution < -0.4 is 5.32 Å². The van der Waals surface area contributed by atoms with Crippen molar-refractivity contribution in [3.8, 4) is 0 Å². The Kier molecular flexibility index (Phi) is 7.94. The van der Waals surface area contributed by atoms with E-state index < -0.39 is 10.0 Å². The minimum absolute atomic E-state index is 0.0513. The van der Waals surface area contributed by atoms with E-state index in [4.69, 9.17) is 4.98 Å². The summed E-state index contributed by atoms with van der Waals surface area (Å²) in [4.78, 5) is 20.1. The van der Waals surface area contributed by atoms with Gasteiger partial charge in [0.05, 0.1) is 15.9 Å². The smallest absolute Gasteiger partial charge is 0.243 e. The molecule has 1 unspecified atom stereocenters. The number of benzene rings is 1. The Morgan fingerprint density at radius 1 is 1.21 bits per heavy atom. The molecule has 8 nitrogen and oxygen atoms in total. The summed E-state index contributed by atoms with van der Waals surface area (Å²) in [5.74, 6) is 1.41. The molecule has 34 heavy (non-hydrogen) atoms. The predicted molar refractivity (Wildman–Crippen MR) is 134 cm³/mol. The van der Waals surface area contributed by atoms with Crippen LogP contribution in [0.3, 0.4) is 0 Å². The fourth-order valence-electron chi connectivity index (χ4n) is 5.13. The van der Waals surface area contributed by atoms with Crippen molar-refractivity contribution in [2.24, 2.45) is 5.92 Å². The van der Waals surface area contributed by atoms with Gasteiger partial charge in [0.15, 0.2) is 0 Å². The highest BCUT2D eigenvalue weighted by Gasteiger charge is 2.28. The topological polar surface area (TPSA) is 87.5 Å². The van der Waals surface area contributed by atoms with E-state index in [0.717, 1.165) is 63.2 Å². The maximum atomic E-state index is 13.0. The average Bonchev–Trinajstić information content (AvgIpc) is 3.57. The molecule has 3 heterocycles. The van der Waals surface area contributed by atoms with E-state index in [-0.39, 0.29) is 5.91 Å². The molecule has 2 aromatic rings. The summed E-state index contributed by atoms with van der Waals surface area (Å²) in [6.45, 7) is 11.4. The molecule has 2 saturated heterocycles. The number of hydrogen-bond donors (Lipinski definition) is 1. The molecule has 0 aliphatic carbocycles. The van der Waals surface area contributed by atoms with Crippen LogP contribution in [-0.2, 0) is 27.8 Å². The molecule has 188 valence electrons. The molecular weight excluding hydrogens is 450 g/mol. The minimum Gasteiger partial charge on any atom is -0.356 e. The van der Waals surface area contributed by atoms with Crippen LogP contribution in [0.1, 0.15) is 58.7 Å². The number of aryl methyl sites for hydroxylation is 2. The SMILES string of the molecule is CCCn1c(CCC(=O)NCC2CCN(C(C)C)C2)nc2cc(S(=O)(=O)N3CCCC3)ccc21. The van der Waals surface area contributed by atoms with Crippen LogP contribution in [0.5, 0.6) is 0 Å². The third-order valence-electron chi connectivity index (χ3n) is 7.16. The summed E-state index contributed by atoms with van der Waals surface area (Å²) < 4.78 is 29.7. The molecule has 4 rings (SSSR count). The molecule has 1 aromatic carbocycles. The summed E-state index contributed by atoms with van der Waals surface area (Å²) in [6.07, 6.45) is 4.81. The number of rotatable bonds is 10. The van der Waals surface area contributed by atoms with Crippen molar-refractivity contribution in [1.82, 2.24) is 24.1 Å². The van der Waals surface area contributed by atoms with Crippen molar-refractivity contribution in [3.05, 3.63) is 24.0 Å². The number of nitrogens with one attached hydrogen (secondary N) is 1. The van der Waals surface area contributed by atoms with Gasteiger partial charge in [-0.1, -0.05) is 6.92 Å². The van der Waals surface area contributed by atoms with Gasteiger partial charge in [-0.3, -0.25) is 4.79 Å². The van der Waals surface area contributed by atoms with Crippen LogP contribution in [0.25, 0.3) is 11.0 Å². The highest BCUT2D eigenvalue weighted by atomic mass is 32.2. The fourth-order valence-corrected chi connectivity index (χ4v) is 6.67. The second-order valence-electron chi connectivity index (χ2n) is 9.99. The number of amides is 1. The third kappa shape index (κ3) is 5.47. The number of hydrogen-bond acceptors (Lipinski definition) is 5. The van der Waals surface area contributed by atoms with E-state index in [9.17, 15) is 13.2 Å². The normalized spacial score (nSPS) is 20.1. The number of aromatic nitrogens is 2. The van der Waals surface area contributed by atoms with Crippen molar-refractivity contribution in [1.29, 1.82) is 0 Å². The maximum absolute atomic E-state index is 13.0. The molecule has 2 aliphatic rings. The molecule has 0 spiro atoms. The van der Waals surface area contributed by atoms with E-state index in [1.807, 2.05) is 6.07 Å². The van der Waals surface area contributed by atoms with Crippen LogP contribution >= 0.6 is 0 Å². The van der Waals surface area contributed by atoms with Crippen LogP contribution in [0.15, 0.2) is 23.1 Å². The molecule has 1 N–H and O–H groups in total. The number of carbonyl (C=O) groups is 1.